The standard InChI is InChI=1S/C14H12FO2/c1-16-13-8-7-12(15)9-14(13)17-10-11-5-3-2-4-6-11/h2-7,9H,10H2,1H3. The van der Waals surface area contributed by atoms with E-state index in [-0.39, 0.29) is 0 Å². The molecule has 0 heterocycles. The Morgan fingerprint density at radius 1 is 1.24 bits per heavy atom. The van der Waals surface area contributed by atoms with E-state index in [1.165, 1.54) is 19.2 Å². The molecule has 0 N–H and O–H groups in total. The van der Waals surface area contributed by atoms with Gasteiger partial charge in [0.25, 0.3) is 0 Å². The second kappa shape index (κ2) is 5.34. The van der Waals surface area contributed by atoms with E-state index in [9.17, 15) is 4.39 Å². The summed E-state index contributed by atoms with van der Waals surface area (Å²) in [5, 5.41) is 0. The highest BCUT2D eigenvalue weighted by Gasteiger charge is 2.06. The minimum atomic E-state index is -0.395. The van der Waals surface area contributed by atoms with E-state index >= 15 is 0 Å². The van der Waals surface area contributed by atoms with Crippen LogP contribution in [0.2, 0.25) is 0 Å². The molecule has 2 aromatic rings. The molecule has 0 spiro atoms. The average Bonchev–Trinajstić information content (AvgIpc) is 2.38. The first kappa shape index (κ1) is 11.5. The molecule has 1 radical (unpaired) electrons. The third-order valence-corrected chi connectivity index (χ3v) is 2.28. The predicted molar refractivity (Wildman–Crippen MR) is 62.6 cm³/mol. The zero-order valence-electron chi connectivity index (χ0n) is 9.44. The Morgan fingerprint density at radius 2 is 2.00 bits per heavy atom. The largest absolute Gasteiger partial charge is 0.492 e. The van der Waals surface area contributed by atoms with Crippen LogP contribution in [0.25, 0.3) is 0 Å². The van der Waals surface area contributed by atoms with Crippen LogP contribution in [0.4, 0.5) is 4.39 Å². The number of methoxy groups -OCH3 is 1. The molecule has 17 heavy (non-hydrogen) atoms. The molecular formula is C14H12FO2. The molecule has 0 unspecified atom stereocenters. The van der Waals surface area contributed by atoms with Crippen molar-refractivity contribution in [3.05, 3.63) is 59.9 Å². The van der Waals surface area contributed by atoms with Gasteiger partial charge in [-0.15, -0.1) is 0 Å². The first-order chi connectivity index (χ1) is 8.29. The minimum absolute atomic E-state index is 0.358. The third-order valence-electron chi connectivity index (χ3n) is 2.28. The molecule has 0 atom stereocenters. The van der Waals surface area contributed by atoms with Gasteiger partial charge in [-0.25, -0.2) is 4.39 Å². The molecule has 0 fully saturated rings. The lowest BCUT2D eigenvalue weighted by atomic mass is 10.2. The molecule has 0 aliphatic carbocycles. The normalized spacial score (nSPS) is 10.0. The maximum Gasteiger partial charge on any atom is 0.168 e. The monoisotopic (exact) mass is 231 g/mol. The molecular weight excluding hydrogens is 219 g/mol. The first-order valence-corrected chi connectivity index (χ1v) is 5.21. The zero-order valence-corrected chi connectivity index (χ0v) is 9.44. The summed E-state index contributed by atoms with van der Waals surface area (Å²) in [5.41, 5.74) is 1.01. The van der Waals surface area contributed by atoms with Crippen molar-refractivity contribution in [1.29, 1.82) is 0 Å². The van der Waals surface area contributed by atoms with E-state index in [1.807, 2.05) is 30.3 Å². The summed E-state index contributed by atoms with van der Waals surface area (Å²) >= 11 is 0. The third kappa shape index (κ3) is 2.97. The zero-order chi connectivity index (χ0) is 12.1. The lowest BCUT2D eigenvalue weighted by Crippen LogP contribution is -1.98. The molecule has 0 aliphatic heterocycles. The van der Waals surface area contributed by atoms with Crippen LogP contribution in [0.15, 0.2) is 42.5 Å². The van der Waals surface area contributed by atoms with Crippen LogP contribution in [0.1, 0.15) is 5.56 Å². The summed E-state index contributed by atoms with van der Waals surface area (Å²) < 4.78 is 23.6. The van der Waals surface area contributed by atoms with Crippen LogP contribution in [-0.4, -0.2) is 7.11 Å². The van der Waals surface area contributed by atoms with Crippen LogP contribution in [-0.2, 0) is 6.61 Å². The highest BCUT2D eigenvalue weighted by molar-refractivity contribution is 5.39. The van der Waals surface area contributed by atoms with Crippen molar-refractivity contribution in [2.24, 2.45) is 0 Å². The highest BCUT2D eigenvalue weighted by atomic mass is 19.1. The Hall–Kier alpha value is -2.03. The SMILES string of the molecule is COc1[c]cc(F)cc1OCc1ccccc1. The topological polar surface area (TPSA) is 18.5 Å². The number of hydrogen-bond donors (Lipinski definition) is 0. The van der Waals surface area contributed by atoms with E-state index < -0.39 is 5.82 Å². The summed E-state index contributed by atoms with van der Waals surface area (Å²) in [4.78, 5) is 0. The summed E-state index contributed by atoms with van der Waals surface area (Å²) in [6, 6.07) is 14.8. The first-order valence-electron chi connectivity index (χ1n) is 5.21. The van der Waals surface area contributed by atoms with Gasteiger partial charge in [0.15, 0.2) is 11.5 Å². The van der Waals surface area contributed by atoms with Crippen molar-refractivity contribution in [1.82, 2.24) is 0 Å². The van der Waals surface area contributed by atoms with Crippen LogP contribution < -0.4 is 9.47 Å². The van der Waals surface area contributed by atoms with Crippen molar-refractivity contribution in [2.75, 3.05) is 7.11 Å². The molecule has 0 aromatic heterocycles. The maximum absolute atomic E-state index is 13.0. The minimum Gasteiger partial charge on any atom is -0.492 e. The Kier molecular flexibility index (Phi) is 3.60. The van der Waals surface area contributed by atoms with Crippen LogP contribution in [0, 0.1) is 11.9 Å². The lowest BCUT2D eigenvalue weighted by Gasteiger charge is -2.10. The molecule has 0 bridgehead atoms. The maximum atomic E-state index is 13.0. The van der Waals surface area contributed by atoms with E-state index in [0.29, 0.717) is 18.1 Å². The van der Waals surface area contributed by atoms with E-state index in [2.05, 4.69) is 6.07 Å². The molecule has 2 nitrogen and oxygen atoms in total. The van der Waals surface area contributed by atoms with Gasteiger partial charge in [0, 0.05) is 12.1 Å². The number of benzene rings is 2. The van der Waals surface area contributed by atoms with Gasteiger partial charge in [-0.1, -0.05) is 30.3 Å². The fraction of sp³-hybridized carbons (Fsp3) is 0.143. The van der Waals surface area contributed by atoms with Crippen molar-refractivity contribution >= 4 is 0 Å². The number of rotatable bonds is 4. The molecule has 2 aromatic carbocycles. The Balaban J connectivity index is 2.11. The van der Waals surface area contributed by atoms with Crippen LogP contribution in [0.3, 0.4) is 0 Å². The molecule has 0 saturated heterocycles. The highest BCUT2D eigenvalue weighted by Crippen LogP contribution is 2.27. The van der Waals surface area contributed by atoms with E-state index in [4.69, 9.17) is 9.47 Å². The van der Waals surface area contributed by atoms with Crippen molar-refractivity contribution in [3.63, 3.8) is 0 Å². The van der Waals surface area contributed by atoms with Crippen LogP contribution in [0.5, 0.6) is 11.5 Å². The Bertz CT molecular complexity index is 483. The number of ether oxygens (including phenoxy) is 2. The molecule has 3 heteroatoms. The number of halogens is 1. The quantitative estimate of drug-likeness (QED) is 0.804. The average molecular weight is 231 g/mol. The molecule has 0 saturated carbocycles. The molecule has 0 aliphatic rings. The van der Waals surface area contributed by atoms with Gasteiger partial charge in [-0.3, -0.25) is 0 Å². The Morgan fingerprint density at radius 3 is 2.71 bits per heavy atom. The van der Waals surface area contributed by atoms with Gasteiger partial charge in [0.1, 0.15) is 12.4 Å². The molecule has 2 rings (SSSR count). The second-order valence-electron chi connectivity index (χ2n) is 3.49. The lowest BCUT2D eigenvalue weighted by molar-refractivity contribution is 0.282. The van der Waals surface area contributed by atoms with Gasteiger partial charge in [-0.05, 0) is 11.6 Å². The van der Waals surface area contributed by atoms with Gasteiger partial charge in [-0.2, -0.15) is 0 Å². The fourth-order valence-corrected chi connectivity index (χ4v) is 1.44. The van der Waals surface area contributed by atoms with E-state index in [0.717, 1.165) is 5.56 Å². The van der Waals surface area contributed by atoms with Crippen molar-refractivity contribution < 1.29 is 13.9 Å². The summed E-state index contributed by atoms with van der Waals surface area (Å²) in [6.07, 6.45) is 0. The van der Waals surface area contributed by atoms with Crippen molar-refractivity contribution in [2.45, 2.75) is 6.61 Å². The number of hydrogen-bond acceptors (Lipinski definition) is 2. The summed E-state index contributed by atoms with van der Waals surface area (Å²) in [6.45, 7) is 0.370. The fourth-order valence-electron chi connectivity index (χ4n) is 1.44. The van der Waals surface area contributed by atoms with Gasteiger partial charge in [0.2, 0.25) is 0 Å². The summed E-state index contributed by atoms with van der Waals surface area (Å²) in [5.74, 6) is 0.368. The Labute approximate surface area is 99.6 Å². The molecule has 87 valence electrons. The van der Waals surface area contributed by atoms with Gasteiger partial charge >= 0.3 is 0 Å². The summed E-state index contributed by atoms with van der Waals surface area (Å²) in [7, 11) is 1.50. The predicted octanol–water partition coefficient (Wildman–Crippen LogP) is 3.21. The van der Waals surface area contributed by atoms with Gasteiger partial charge in [0.05, 0.1) is 7.11 Å². The second-order valence-corrected chi connectivity index (χ2v) is 3.49. The van der Waals surface area contributed by atoms with E-state index in [1.54, 1.807) is 0 Å². The van der Waals surface area contributed by atoms with Gasteiger partial charge < -0.3 is 9.47 Å². The van der Waals surface area contributed by atoms with Crippen LogP contribution >= 0.6 is 0 Å². The molecule has 0 amide bonds. The van der Waals surface area contributed by atoms with Crippen molar-refractivity contribution in [3.8, 4) is 11.5 Å². The smallest absolute Gasteiger partial charge is 0.168 e.